The quantitative estimate of drug-likeness (QED) is 0.213. The fourth-order valence-corrected chi connectivity index (χ4v) is 6.98. The number of aliphatic hydroxyl groups excluding tert-OH is 1. The first-order valence-corrected chi connectivity index (χ1v) is 19.5. The number of nitrogen functional groups attached to an aromatic ring is 1. The van der Waals surface area contributed by atoms with Crippen molar-refractivity contribution in [2.45, 2.75) is 102 Å². The molecule has 1 fully saturated rings. The number of fused-ring (bicyclic) bond motifs is 1. The van der Waals surface area contributed by atoms with E-state index < -0.39 is 29.0 Å². The third-order valence-electron chi connectivity index (χ3n) is 8.11. The molecule has 4 atom stereocenters. The van der Waals surface area contributed by atoms with Gasteiger partial charge < -0.3 is 29.7 Å². The van der Waals surface area contributed by atoms with Crippen LogP contribution in [0.1, 0.15) is 47.8 Å². The van der Waals surface area contributed by atoms with Gasteiger partial charge in [0.1, 0.15) is 24.6 Å². The lowest BCUT2D eigenvalue weighted by atomic mass is 10.1. The third kappa shape index (κ3) is 6.29. The van der Waals surface area contributed by atoms with E-state index in [2.05, 4.69) is 104 Å². The van der Waals surface area contributed by atoms with Gasteiger partial charge in [0.15, 0.2) is 44.6 Å². The number of rotatable bonds is 9. The number of aliphatic hydroxyl groups is 1. The van der Waals surface area contributed by atoms with Crippen LogP contribution in [0.25, 0.3) is 11.2 Å². The molecule has 1 aliphatic rings. The predicted octanol–water partition coefficient (Wildman–Crippen LogP) is 4.43. The van der Waals surface area contributed by atoms with Crippen LogP contribution < -0.4 is 11.1 Å². The number of aromatic nitrogens is 4. The monoisotopic (exact) mass is 616 g/mol. The number of anilines is 1. The SMILES string of the molecule is CC(C)(C)[Si](C)(C)O[C@@H]1[C@H](O[Si](C)(C)C(C)(C)C)[C@@H](CNCCO)O[C@H]1n1c(Br)nc2c(N)ncnc21. The number of halogens is 1. The Bertz CT molecular complexity index is 1090. The van der Waals surface area contributed by atoms with Gasteiger partial charge in [0.25, 0.3) is 0 Å². The third-order valence-corrected chi connectivity index (χ3v) is 17.6. The highest BCUT2D eigenvalue weighted by molar-refractivity contribution is 9.10. The van der Waals surface area contributed by atoms with E-state index in [0.29, 0.717) is 34.8 Å². The van der Waals surface area contributed by atoms with E-state index >= 15 is 0 Å². The van der Waals surface area contributed by atoms with E-state index in [-0.39, 0.29) is 28.9 Å². The van der Waals surface area contributed by atoms with Crippen LogP contribution in [0.15, 0.2) is 11.1 Å². The van der Waals surface area contributed by atoms with E-state index in [0.717, 1.165) is 0 Å². The van der Waals surface area contributed by atoms with Crippen molar-refractivity contribution in [2.75, 3.05) is 25.4 Å². The lowest BCUT2D eigenvalue weighted by Crippen LogP contribution is -2.54. The number of nitrogens with one attached hydrogen (secondary N) is 1. The van der Waals surface area contributed by atoms with Gasteiger partial charge in [0.2, 0.25) is 0 Å². The molecule has 0 saturated carbocycles. The zero-order chi connectivity index (χ0) is 28.0. The first-order valence-electron chi connectivity index (χ1n) is 12.9. The van der Waals surface area contributed by atoms with Crippen molar-refractivity contribution in [1.82, 2.24) is 24.8 Å². The molecule has 0 unspecified atom stereocenters. The molecular weight excluding hydrogens is 572 g/mol. The summed E-state index contributed by atoms with van der Waals surface area (Å²) in [6, 6.07) is 0. The largest absolute Gasteiger partial charge is 0.408 e. The second-order valence-corrected chi connectivity index (χ2v) is 23.1. The average Bonchev–Trinajstić information content (AvgIpc) is 3.24. The molecule has 0 aromatic carbocycles. The number of ether oxygens (including phenoxy) is 1. The molecule has 2 aromatic rings. The van der Waals surface area contributed by atoms with Crippen LogP contribution in [-0.2, 0) is 13.6 Å². The van der Waals surface area contributed by atoms with Crippen molar-refractivity contribution >= 4 is 49.5 Å². The maximum Gasteiger partial charge on any atom is 0.192 e. The Morgan fingerprint density at radius 1 is 1.05 bits per heavy atom. The van der Waals surface area contributed by atoms with Gasteiger partial charge in [-0.2, -0.15) is 0 Å². The molecule has 0 bridgehead atoms. The van der Waals surface area contributed by atoms with Crippen LogP contribution in [-0.4, -0.2) is 79.3 Å². The average molecular weight is 618 g/mol. The van der Waals surface area contributed by atoms with Crippen LogP contribution in [0, 0.1) is 0 Å². The summed E-state index contributed by atoms with van der Waals surface area (Å²) in [6.45, 7) is 23.4. The Morgan fingerprint density at radius 2 is 1.62 bits per heavy atom. The van der Waals surface area contributed by atoms with Gasteiger partial charge in [-0.3, -0.25) is 4.57 Å². The minimum absolute atomic E-state index is 0.000348. The van der Waals surface area contributed by atoms with Gasteiger partial charge in [0.05, 0.1) is 6.61 Å². The molecule has 4 N–H and O–H groups in total. The molecule has 1 aliphatic heterocycles. The van der Waals surface area contributed by atoms with E-state index in [1.165, 1.54) is 6.33 Å². The molecule has 210 valence electrons. The second kappa shape index (κ2) is 10.9. The van der Waals surface area contributed by atoms with Gasteiger partial charge in [-0.1, -0.05) is 41.5 Å². The molecule has 37 heavy (non-hydrogen) atoms. The predicted molar refractivity (Wildman–Crippen MR) is 155 cm³/mol. The smallest absolute Gasteiger partial charge is 0.192 e. The molecule has 3 rings (SSSR count). The highest BCUT2D eigenvalue weighted by Crippen LogP contribution is 2.46. The second-order valence-electron chi connectivity index (χ2n) is 12.9. The van der Waals surface area contributed by atoms with Gasteiger partial charge in [-0.05, 0) is 52.2 Å². The van der Waals surface area contributed by atoms with Crippen molar-refractivity contribution in [1.29, 1.82) is 0 Å². The van der Waals surface area contributed by atoms with Crippen LogP contribution in [0.4, 0.5) is 5.82 Å². The molecular formula is C24H45BrN6O4Si2. The van der Waals surface area contributed by atoms with Crippen molar-refractivity contribution in [3.8, 4) is 0 Å². The van der Waals surface area contributed by atoms with Crippen molar-refractivity contribution in [2.24, 2.45) is 0 Å². The molecule has 10 nitrogen and oxygen atoms in total. The summed E-state index contributed by atoms with van der Waals surface area (Å²) in [5, 5.41) is 12.7. The van der Waals surface area contributed by atoms with Gasteiger partial charge in [-0.15, -0.1) is 0 Å². The summed E-state index contributed by atoms with van der Waals surface area (Å²) < 4.78 is 23.4. The molecule has 0 aliphatic carbocycles. The fourth-order valence-electron chi connectivity index (χ4n) is 3.83. The first-order chi connectivity index (χ1) is 16.9. The first kappa shape index (κ1) is 30.6. The maximum absolute atomic E-state index is 9.39. The minimum Gasteiger partial charge on any atom is -0.408 e. The van der Waals surface area contributed by atoms with E-state index in [1.807, 2.05) is 4.57 Å². The standard InChI is InChI=1S/C24H45BrN6O4Si2/c1-23(2,3)36(7,8)34-17-15(13-27-11-12-32)33-21(18(17)35-37(9,10)24(4,5)6)31-20-16(30-22(31)25)19(26)28-14-29-20/h14-15,17-18,21,27,32H,11-13H2,1-10H3,(H2,26,28,29)/t15-,17-,18-,21-/m1/s1. The molecule has 0 radical (unpaired) electrons. The van der Waals surface area contributed by atoms with Crippen LogP contribution >= 0.6 is 15.9 Å². The van der Waals surface area contributed by atoms with Gasteiger partial charge in [-0.25, -0.2) is 15.0 Å². The van der Waals surface area contributed by atoms with Crippen LogP contribution in [0.5, 0.6) is 0 Å². The number of hydrogen-bond acceptors (Lipinski definition) is 9. The van der Waals surface area contributed by atoms with Gasteiger partial charge in [0, 0.05) is 13.1 Å². The Labute approximate surface area is 231 Å². The highest BCUT2D eigenvalue weighted by atomic mass is 79.9. The Kier molecular flexibility index (Phi) is 9.02. The normalized spacial score (nSPS) is 23.8. The molecule has 0 amide bonds. The molecule has 13 heteroatoms. The molecule has 3 heterocycles. The zero-order valence-corrected chi connectivity index (χ0v) is 27.5. The van der Waals surface area contributed by atoms with Crippen LogP contribution in [0.3, 0.4) is 0 Å². The Balaban J connectivity index is 2.16. The lowest BCUT2D eigenvalue weighted by molar-refractivity contribution is -0.0322. The number of nitrogens with two attached hydrogens (primary N) is 1. The van der Waals surface area contributed by atoms with Crippen LogP contribution in [0.2, 0.25) is 36.3 Å². The molecule has 1 saturated heterocycles. The number of nitrogens with zero attached hydrogens (tertiary/aromatic N) is 4. The summed E-state index contributed by atoms with van der Waals surface area (Å²) in [4.78, 5) is 13.2. The lowest BCUT2D eigenvalue weighted by Gasteiger charge is -2.44. The Morgan fingerprint density at radius 3 is 2.16 bits per heavy atom. The maximum atomic E-state index is 9.39. The summed E-state index contributed by atoms with van der Waals surface area (Å²) in [6.07, 6.45) is -0.191. The molecule has 0 spiro atoms. The van der Waals surface area contributed by atoms with Crippen molar-refractivity contribution in [3.63, 3.8) is 0 Å². The summed E-state index contributed by atoms with van der Waals surface area (Å²) in [7, 11) is -4.48. The highest BCUT2D eigenvalue weighted by Gasteiger charge is 2.54. The number of hydrogen-bond donors (Lipinski definition) is 3. The van der Waals surface area contributed by atoms with Crippen molar-refractivity contribution in [3.05, 3.63) is 11.1 Å². The van der Waals surface area contributed by atoms with E-state index in [4.69, 9.17) is 19.3 Å². The summed E-state index contributed by atoms with van der Waals surface area (Å²) in [5.41, 5.74) is 7.21. The topological polar surface area (TPSA) is 130 Å². The summed E-state index contributed by atoms with van der Waals surface area (Å²) >= 11 is 3.62. The number of imidazole rings is 1. The van der Waals surface area contributed by atoms with Crippen molar-refractivity contribution < 1.29 is 18.7 Å². The minimum atomic E-state index is -2.26. The van der Waals surface area contributed by atoms with Gasteiger partial charge >= 0.3 is 0 Å². The molecule has 2 aromatic heterocycles. The summed E-state index contributed by atoms with van der Waals surface area (Å²) in [5.74, 6) is 0.305. The Hall–Kier alpha value is -0.936. The zero-order valence-electron chi connectivity index (χ0n) is 23.9. The fraction of sp³-hybridized carbons (Fsp3) is 0.792. The van der Waals surface area contributed by atoms with E-state index in [1.54, 1.807) is 0 Å². The van der Waals surface area contributed by atoms with E-state index in [9.17, 15) is 5.11 Å².